The van der Waals surface area contributed by atoms with Crippen LogP contribution in [-0.4, -0.2) is 16.6 Å². The van der Waals surface area contributed by atoms with E-state index in [1.165, 1.54) is 12.3 Å². The Morgan fingerprint density at radius 1 is 1.48 bits per heavy atom. The van der Waals surface area contributed by atoms with E-state index in [0.717, 1.165) is 11.8 Å². The molecule has 0 unspecified atom stereocenters. The molecule has 2 rings (SSSR count). The van der Waals surface area contributed by atoms with Crippen LogP contribution in [-0.2, 0) is 4.79 Å². The molecule has 116 valence electrons. The van der Waals surface area contributed by atoms with Crippen molar-refractivity contribution in [2.45, 2.75) is 18.0 Å². The summed E-state index contributed by atoms with van der Waals surface area (Å²) in [7, 11) is 0. The third-order valence-electron chi connectivity index (χ3n) is 2.95. The molecule has 1 amide bonds. The zero-order valence-corrected chi connectivity index (χ0v) is 13.1. The second kappa shape index (κ2) is 7.34. The van der Waals surface area contributed by atoms with Gasteiger partial charge in [0.2, 0.25) is 5.91 Å². The summed E-state index contributed by atoms with van der Waals surface area (Å²) in [4.78, 5) is 16.0. The molecule has 0 aromatic carbocycles. The minimum absolute atomic E-state index is 0.0401. The Morgan fingerprint density at radius 3 is 2.83 bits per heavy atom. The molecule has 0 fully saturated rings. The van der Waals surface area contributed by atoms with Crippen molar-refractivity contribution in [3.8, 4) is 12.1 Å². The number of aromatic nitrogens is 1. The topological polar surface area (TPSA) is 129 Å². The summed E-state index contributed by atoms with van der Waals surface area (Å²) in [5.74, 6) is 0.533. The molecule has 8 heteroatoms. The van der Waals surface area contributed by atoms with E-state index in [4.69, 9.17) is 20.7 Å². The zero-order chi connectivity index (χ0) is 16.8. The molecule has 0 spiro atoms. The Kier molecular flexibility index (Phi) is 5.23. The first-order chi connectivity index (χ1) is 11.0. The fourth-order valence-electron chi connectivity index (χ4n) is 1.82. The summed E-state index contributed by atoms with van der Waals surface area (Å²) < 4.78 is 5.21. The van der Waals surface area contributed by atoms with Crippen LogP contribution in [0.15, 0.2) is 33.9 Å². The largest absolute Gasteiger partial charge is 0.467 e. The molecule has 2 heterocycles. The Balaban J connectivity index is 2.01. The molecule has 0 aliphatic rings. The van der Waals surface area contributed by atoms with Crippen molar-refractivity contribution in [3.63, 3.8) is 0 Å². The van der Waals surface area contributed by atoms with E-state index in [9.17, 15) is 4.79 Å². The number of nitrogens with two attached hydrogens (primary N) is 1. The fourth-order valence-corrected chi connectivity index (χ4v) is 2.59. The number of pyridine rings is 1. The lowest BCUT2D eigenvalue weighted by Crippen LogP contribution is -2.28. The molecule has 0 aliphatic carbocycles. The molecule has 2 aromatic heterocycles. The van der Waals surface area contributed by atoms with Crippen LogP contribution < -0.4 is 11.1 Å². The summed E-state index contributed by atoms with van der Waals surface area (Å²) >= 11 is 1.09. The summed E-state index contributed by atoms with van der Waals surface area (Å²) in [5, 5.41) is 21.1. The summed E-state index contributed by atoms with van der Waals surface area (Å²) in [6.45, 7) is 1.81. The number of furan rings is 1. The maximum absolute atomic E-state index is 12.0. The lowest BCUT2D eigenvalue weighted by molar-refractivity contribution is -0.119. The Bertz CT molecular complexity index is 789. The predicted molar refractivity (Wildman–Crippen MR) is 84.1 cm³/mol. The average molecular weight is 327 g/mol. The molecule has 2 aromatic rings. The number of nitrogens with zero attached hydrogens (tertiary/aromatic N) is 3. The van der Waals surface area contributed by atoms with Gasteiger partial charge in [-0.2, -0.15) is 10.5 Å². The van der Waals surface area contributed by atoms with Crippen molar-refractivity contribution in [3.05, 3.63) is 41.3 Å². The molecule has 1 atom stereocenters. The zero-order valence-electron chi connectivity index (χ0n) is 12.2. The first-order valence-electron chi connectivity index (χ1n) is 6.61. The molecule has 0 saturated heterocycles. The van der Waals surface area contributed by atoms with E-state index in [1.807, 2.05) is 12.1 Å². The standard InChI is InChI=1S/C15H13N5O2S/c1-9(12-3-2-4-22-12)19-13(21)8-23-15-11(7-17)5-10(6-16)14(18)20-15/h2-5,9H,8H2,1H3,(H2,18,20)(H,19,21)/t9-/m0/s1. The van der Waals surface area contributed by atoms with Gasteiger partial charge in [0.05, 0.1) is 29.2 Å². The van der Waals surface area contributed by atoms with Crippen LogP contribution >= 0.6 is 11.8 Å². The number of carbonyl (C=O) groups excluding carboxylic acids is 1. The van der Waals surface area contributed by atoms with Gasteiger partial charge < -0.3 is 15.5 Å². The lowest BCUT2D eigenvalue weighted by atomic mass is 10.2. The number of hydrogen-bond acceptors (Lipinski definition) is 7. The van der Waals surface area contributed by atoms with Crippen molar-refractivity contribution < 1.29 is 9.21 Å². The number of rotatable bonds is 5. The monoisotopic (exact) mass is 327 g/mol. The number of nitriles is 2. The van der Waals surface area contributed by atoms with Gasteiger partial charge in [0.1, 0.15) is 28.7 Å². The van der Waals surface area contributed by atoms with Crippen molar-refractivity contribution in [2.75, 3.05) is 11.5 Å². The number of amides is 1. The predicted octanol–water partition coefficient (Wildman–Crippen LogP) is 1.97. The van der Waals surface area contributed by atoms with Gasteiger partial charge in [-0.25, -0.2) is 4.98 Å². The molecule has 0 radical (unpaired) electrons. The van der Waals surface area contributed by atoms with Crippen LogP contribution in [0.2, 0.25) is 0 Å². The van der Waals surface area contributed by atoms with Crippen LogP contribution in [0.5, 0.6) is 0 Å². The van der Waals surface area contributed by atoms with Gasteiger partial charge in [0, 0.05) is 0 Å². The number of nitrogen functional groups attached to an aromatic ring is 1. The fraction of sp³-hybridized carbons (Fsp3) is 0.200. The minimum atomic E-state index is -0.257. The highest BCUT2D eigenvalue weighted by Gasteiger charge is 2.15. The molecule has 7 nitrogen and oxygen atoms in total. The maximum Gasteiger partial charge on any atom is 0.231 e. The molecule has 3 N–H and O–H groups in total. The second-order valence-electron chi connectivity index (χ2n) is 4.59. The highest BCUT2D eigenvalue weighted by Crippen LogP contribution is 2.24. The molecular weight excluding hydrogens is 314 g/mol. The van der Waals surface area contributed by atoms with Crippen molar-refractivity contribution in [1.29, 1.82) is 10.5 Å². The molecule has 0 saturated carbocycles. The number of thioether (sulfide) groups is 1. The first-order valence-corrected chi connectivity index (χ1v) is 7.60. The highest BCUT2D eigenvalue weighted by molar-refractivity contribution is 8.00. The van der Waals surface area contributed by atoms with E-state index < -0.39 is 0 Å². The van der Waals surface area contributed by atoms with Gasteiger partial charge in [-0.1, -0.05) is 11.8 Å². The van der Waals surface area contributed by atoms with Gasteiger partial charge in [0.15, 0.2) is 0 Å². The molecule has 0 aliphatic heterocycles. The third-order valence-corrected chi connectivity index (χ3v) is 3.94. The number of anilines is 1. The molecular formula is C15H13N5O2S. The summed E-state index contributed by atoms with van der Waals surface area (Å²) in [5.41, 5.74) is 5.99. The van der Waals surface area contributed by atoms with Crippen LogP contribution in [0.3, 0.4) is 0 Å². The van der Waals surface area contributed by atoms with Crippen molar-refractivity contribution in [2.24, 2.45) is 0 Å². The molecule has 0 bridgehead atoms. The number of carbonyl (C=O) groups is 1. The van der Waals surface area contributed by atoms with Crippen LogP contribution in [0.1, 0.15) is 29.9 Å². The molecule has 23 heavy (non-hydrogen) atoms. The smallest absolute Gasteiger partial charge is 0.231 e. The Labute approximate surface area is 137 Å². The van der Waals surface area contributed by atoms with Gasteiger partial charge in [-0.15, -0.1) is 0 Å². The van der Waals surface area contributed by atoms with E-state index in [2.05, 4.69) is 10.3 Å². The SMILES string of the molecule is C[C@H](NC(=O)CSc1nc(N)c(C#N)cc1C#N)c1ccco1. The van der Waals surface area contributed by atoms with Crippen molar-refractivity contribution >= 4 is 23.5 Å². The number of hydrogen-bond donors (Lipinski definition) is 2. The van der Waals surface area contributed by atoms with Gasteiger partial charge >= 0.3 is 0 Å². The van der Waals surface area contributed by atoms with Crippen molar-refractivity contribution in [1.82, 2.24) is 10.3 Å². The minimum Gasteiger partial charge on any atom is -0.467 e. The van der Waals surface area contributed by atoms with Crippen LogP contribution in [0, 0.1) is 22.7 Å². The normalized spacial score (nSPS) is 11.3. The first kappa shape index (κ1) is 16.4. The van der Waals surface area contributed by atoms with Crippen LogP contribution in [0.25, 0.3) is 0 Å². The summed E-state index contributed by atoms with van der Waals surface area (Å²) in [6, 6.07) is 8.44. The van der Waals surface area contributed by atoms with E-state index >= 15 is 0 Å². The quantitative estimate of drug-likeness (QED) is 0.803. The lowest BCUT2D eigenvalue weighted by Gasteiger charge is -2.11. The van der Waals surface area contributed by atoms with Gasteiger partial charge in [-0.05, 0) is 25.1 Å². The second-order valence-corrected chi connectivity index (χ2v) is 5.55. The van der Waals surface area contributed by atoms with Crippen LogP contribution in [0.4, 0.5) is 5.82 Å². The Morgan fingerprint density at radius 2 is 2.22 bits per heavy atom. The van der Waals surface area contributed by atoms with E-state index in [0.29, 0.717) is 10.8 Å². The van der Waals surface area contributed by atoms with Gasteiger partial charge in [-0.3, -0.25) is 4.79 Å². The van der Waals surface area contributed by atoms with E-state index in [-0.39, 0.29) is 34.6 Å². The van der Waals surface area contributed by atoms with E-state index in [1.54, 1.807) is 19.1 Å². The summed E-state index contributed by atoms with van der Waals surface area (Å²) in [6.07, 6.45) is 1.54. The van der Waals surface area contributed by atoms with Gasteiger partial charge in [0.25, 0.3) is 0 Å². The third kappa shape index (κ3) is 4.02. The number of nitrogens with one attached hydrogen (secondary N) is 1. The maximum atomic E-state index is 12.0. The average Bonchev–Trinajstić information content (AvgIpc) is 3.07. The Hall–Kier alpha value is -2.97. The highest BCUT2D eigenvalue weighted by atomic mass is 32.2.